The Morgan fingerprint density at radius 2 is 1.96 bits per heavy atom. The van der Waals surface area contributed by atoms with Gasteiger partial charge in [0.15, 0.2) is 0 Å². The summed E-state index contributed by atoms with van der Waals surface area (Å²) in [6, 6.07) is 7.49. The maximum absolute atomic E-state index is 12.6. The molecule has 5 nitrogen and oxygen atoms in total. The molecule has 3 rings (SSSR count). The Kier molecular flexibility index (Phi) is 4.00. The summed E-state index contributed by atoms with van der Waals surface area (Å²) >= 11 is 6.37. The second-order valence-electron chi connectivity index (χ2n) is 5.53. The minimum Gasteiger partial charge on any atom is -0.352 e. The number of aliphatic imine (C=N–C) groups is 1. The van der Waals surface area contributed by atoms with E-state index in [-0.39, 0.29) is 5.91 Å². The highest BCUT2D eigenvalue weighted by Crippen LogP contribution is 2.33. The predicted octanol–water partition coefficient (Wildman–Crippen LogP) is 2.77. The molecule has 0 fully saturated rings. The van der Waals surface area contributed by atoms with Crippen molar-refractivity contribution in [3.8, 4) is 0 Å². The van der Waals surface area contributed by atoms with Crippen molar-refractivity contribution in [1.82, 2.24) is 4.57 Å². The first kappa shape index (κ1) is 15.8. The number of aryl methyl sites for hydroxylation is 1. The first-order valence-corrected chi connectivity index (χ1v) is 7.62. The fourth-order valence-corrected chi connectivity index (χ4v) is 3.01. The van der Waals surface area contributed by atoms with Gasteiger partial charge in [-0.3, -0.25) is 4.79 Å². The van der Waals surface area contributed by atoms with Crippen molar-refractivity contribution in [3.05, 3.63) is 52.3 Å². The molecule has 1 aromatic carbocycles. The lowest BCUT2D eigenvalue weighted by molar-refractivity contribution is -0.127. The molecule has 1 unspecified atom stereocenters. The molecule has 0 bridgehead atoms. The Hall–Kier alpha value is -2.11. The molecule has 1 atom stereocenters. The number of ether oxygens (including phenoxy) is 1. The van der Waals surface area contributed by atoms with E-state index in [1.54, 1.807) is 11.9 Å². The summed E-state index contributed by atoms with van der Waals surface area (Å²) in [5, 5.41) is 0.590. The molecule has 1 aliphatic rings. The second-order valence-corrected chi connectivity index (χ2v) is 5.94. The average molecular weight is 332 g/mol. The number of fused-ring (bicyclic) bond motifs is 1. The molecule has 1 aromatic heterocycles. The highest BCUT2D eigenvalue weighted by atomic mass is 35.5. The van der Waals surface area contributed by atoms with Crippen LogP contribution in [-0.2, 0) is 16.6 Å². The summed E-state index contributed by atoms with van der Waals surface area (Å²) in [6.45, 7) is 2.00. The lowest BCUT2D eigenvalue weighted by atomic mass is 10.0. The summed E-state index contributed by atoms with van der Waals surface area (Å²) in [5.74, 6) is -0.207. The number of carbonyl (C=O) groups excluding carboxylic acids is 1. The van der Waals surface area contributed by atoms with Crippen molar-refractivity contribution >= 4 is 28.9 Å². The Morgan fingerprint density at radius 1 is 1.26 bits per heavy atom. The summed E-state index contributed by atoms with van der Waals surface area (Å²) in [6.07, 6.45) is 1.04. The monoisotopic (exact) mass is 331 g/mol. The first-order valence-electron chi connectivity index (χ1n) is 7.25. The predicted molar refractivity (Wildman–Crippen MR) is 91.4 cm³/mol. The Balaban J connectivity index is 2.33. The van der Waals surface area contributed by atoms with E-state index in [2.05, 4.69) is 4.99 Å². The van der Waals surface area contributed by atoms with E-state index in [1.807, 2.05) is 49.0 Å². The number of likely N-dealkylation sites (N-methyl/N-ethyl adjacent to an activating group) is 1. The largest absolute Gasteiger partial charge is 0.352 e. The number of benzene rings is 1. The Morgan fingerprint density at radius 3 is 2.61 bits per heavy atom. The van der Waals surface area contributed by atoms with Crippen LogP contribution < -0.4 is 4.90 Å². The molecule has 0 saturated heterocycles. The van der Waals surface area contributed by atoms with E-state index < -0.39 is 6.23 Å². The molecular weight excluding hydrogens is 314 g/mol. The van der Waals surface area contributed by atoms with Crippen LogP contribution in [0.25, 0.3) is 0 Å². The third kappa shape index (κ3) is 2.46. The number of halogens is 1. The minimum atomic E-state index is -0.886. The van der Waals surface area contributed by atoms with Gasteiger partial charge in [-0.15, -0.1) is 0 Å². The summed E-state index contributed by atoms with van der Waals surface area (Å²) in [5.41, 5.74) is 4.17. The zero-order chi connectivity index (χ0) is 16.7. The van der Waals surface area contributed by atoms with Crippen molar-refractivity contribution in [2.75, 3.05) is 19.1 Å². The average Bonchev–Trinajstić information content (AvgIpc) is 2.78. The number of nitrogens with zero attached hydrogens (tertiary/aromatic N) is 3. The Labute approximate surface area is 140 Å². The number of aromatic nitrogens is 1. The molecule has 23 heavy (non-hydrogen) atoms. The van der Waals surface area contributed by atoms with Crippen molar-refractivity contribution in [3.63, 3.8) is 0 Å². The standard InChI is InChI=1S/C17H18ClN3O2/c1-10-14-13(9-20(10)2)21(3)17(22)16(23-4)19-15(14)11-7-5-6-8-12(11)18/h5-9,16H,1-4H3. The molecule has 0 saturated carbocycles. The zero-order valence-electron chi connectivity index (χ0n) is 13.5. The van der Waals surface area contributed by atoms with E-state index in [9.17, 15) is 4.79 Å². The fraction of sp³-hybridized carbons (Fsp3) is 0.294. The molecule has 0 aliphatic carbocycles. The van der Waals surface area contributed by atoms with E-state index in [4.69, 9.17) is 16.3 Å². The lowest BCUT2D eigenvalue weighted by Crippen LogP contribution is -2.35. The highest BCUT2D eigenvalue weighted by molar-refractivity contribution is 6.36. The van der Waals surface area contributed by atoms with Gasteiger partial charge in [0, 0.05) is 49.2 Å². The minimum absolute atomic E-state index is 0.207. The van der Waals surface area contributed by atoms with Gasteiger partial charge < -0.3 is 14.2 Å². The maximum Gasteiger partial charge on any atom is 0.278 e. The molecule has 0 radical (unpaired) electrons. The van der Waals surface area contributed by atoms with Crippen molar-refractivity contribution in [2.24, 2.45) is 12.0 Å². The number of hydrogen-bond acceptors (Lipinski definition) is 3. The number of hydrogen-bond donors (Lipinski definition) is 0. The molecule has 0 N–H and O–H groups in total. The quantitative estimate of drug-likeness (QED) is 0.849. The van der Waals surface area contributed by atoms with Crippen molar-refractivity contribution in [1.29, 1.82) is 0 Å². The molecule has 1 amide bonds. The van der Waals surface area contributed by atoms with Crippen molar-refractivity contribution in [2.45, 2.75) is 13.2 Å². The third-order valence-corrected chi connectivity index (χ3v) is 4.53. The molecule has 120 valence electrons. The molecule has 1 aliphatic heterocycles. The van der Waals surface area contributed by atoms with Gasteiger partial charge in [0.25, 0.3) is 5.91 Å². The van der Waals surface area contributed by atoms with Gasteiger partial charge in [-0.2, -0.15) is 0 Å². The van der Waals surface area contributed by atoms with Crippen LogP contribution in [-0.4, -0.2) is 36.6 Å². The molecule has 2 heterocycles. The van der Waals surface area contributed by atoms with Crippen LogP contribution in [0.2, 0.25) is 5.02 Å². The first-order chi connectivity index (χ1) is 11.0. The van der Waals surface area contributed by atoms with Gasteiger partial charge >= 0.3 is 0 Å². The van der Waals surface area contributed by atoms with E-state index in [0.717, 1.165) is 22.5 Å². The second kappa shape index (κ2) is 5.83. The summed E-state index contributed by atoms with van der Waals surface area (Å²) in [7, 11) is 5.16. The molecule has 2 aromatic rings. The van der Waals surface area contributed by atoms with Gasteiger partial charge in [-0.05, 0) is 13.0 Å². The topological polar surface area (TPSA) is 46.8 Å². The van der Waals surface area contributed by atoms with E-state index in [1.165, 1.54) is 7.11 Å². The zero-order valence-corrected chi connectivity index (χ0v) is 14.3. The SMILES string of the molecule is COC1N=C(c2ccccc2Cl)c2c(cn(C)c2C)N(C)C1=O. The van der Waals surface area contributed by atoms with Gasteiger partial charge in [-0.25, -0.2) is 4.99 Å². The van der Waals surface area contributed by atoms with Crippen molar-refractivity contribution < 1.29 is 9.53 Å². The van der Waals surface area contributed by atoms with Gasteiger partial charge in [-0.1, -0.05) is 29.8 Å². The number of rotatable bonds is 2. The normalized spacial score (nSPS) is 17.8. The smallest absolute Gasteiger partial charge is 0.278 e. The van der Waals surface area contributed by atoms with Gasteiger partial charge in [0.1, 0.15) is 0 Å². The Bertz CT molecular complexity index is 810. The molecular formula is C17H18ClN3O2. The van der Waals surface area contributed by atoms with Crippen LogP contribution in [0.3, 0.4) is 0 Å². The number of anilines is 1. The summed E-state index contributed by atoms with van der Waals surface area (Å²) < 4.78 is 7.27. The lowest BCUT2D eigenvalue weighted by Gasteiger charge is -2.17. The van der Waals surface area contributed by atoms with Crippen LogP contribution in [0.15, 0.2) is 35.5 Å². The van der Waals surface area contributed by atoms with Crippen LogP contribution in [0.1, 0.15) is 16.8 Å². The fourth-order valence-electron chi connectivity index (χ4n) is 2.79. The maximum atomic E-state index is 12.6. The van der Waals surface area contributed by atoms with Crippen LogP contribution in [0.4, 0.5) is 5.69 Å². The number of methoxy groups -OCH3 is 1. The van der Waals surface area contributed by atoms with Gasteiger partial charge in [0.05, 0.1) is 11.4 Å². The van der Waals surface area contributed by atoms with E-state index in [0.29, 0.717) is 10.7 Å². The number of carbonyl (C=O) groups is 1. The number of amides is 1. The third-order valence-electron chi connectivity index (χ3n) is 4.20. The highest BCUT2D eigenvalue weighted by Gasteiger charge is 2.32. The molecule has 6 heteroatoms. The molecule has 0 spiro atoms. The van der Waals surface area contributed by atoms with Gasteiger partial charge in [0.2, 0.25) is 6.23 Å². The van der Waals surface area contributed by atoms with E-state index >= 15 is 0 Å². The van der Waals surface area contributed by atoms with Crippen LogP contribution in [0.5, 0.6) is 0 Å². The van der Waals surface area contributed by atoms with Crippen LogP contribution >= 0.6 is 11.6 Å². The van der Waals surface area contributed by atoms with Crippen LogP contribution in [0, 0.1) is 6.92 Å². The summed E-state index contributed by atoms with van der Waals surface area (Å²) in [4.78, 5) is 18.7.